The Morgan fingerprint density at radius 3 is 3.10 bits per heavy atom. The molecule has 1 unspecified atom stereocenters. The van der Waals surface area contributed by atoms with Gasteiger partial charge < -0.3 is 10.2 Å². The number of hydrogen-bond acceptors (Lipinski definition) is 3. The normalized spacial score (nSPS) is 18.7. The molecule has 1 aromatic rings. The number of aromatic nitrogens is 2. The molecule has 1 atom stereocenters. The maximum Gasteiger partial charge on any atom is 0.319 e. The molecule has 20 heavy (non-hydrogen) atoms. The second-order valence-corrected chi connectivity index (χ2v) is 5.18. The van der Waals surface area contributed by atoms with Gasteiger partial charge in [-0.2, -0.15) is 8.78 Å². The molecule has 0 bridgehead atoms. The van der Waals surface area contributed by atoms with Crippen molar-refractivity contribution in [1.82, 2.24) is 19.8 Å². The number of nitrogens with zero attached hydrogens (tertiary/aromatic N) is 3. The first-order chi connectivity index (χ1) is 9.58. The van der Waals surface area contributed by atoms with Gasteiger partial charge in [0.2, 0.25) is 5.91 Å². The minimum Gasteiger partial charge on any atom is -0.338 e. The van der Waals surface area contributed by atoms with Crippen LogP contribution in [0.5, 0.6) is 0 Å². The maximum atomic E-state index is 12.7. The average Bonchev–Trinajstić information content (AvgIpc) is 3.06. The van der Waals surface area contributed by atoms with Crippen molar-refractivity contribution in [2.24, 2.45) is 5.92 Å². The van der Waals surface area contributed by atoms with E-state index < -0.39 is 6.55 Å². The molecule has 1 fully saturated rings. The Kier molecular flexibility index (Phi) is 5.05. The van der Waals surface area contributed by atoms with Gasteiger partial charge in [-0.05, 0) is 31.8 Å². The van der Waals surface area contributed by atoms with Crippen molar-refractivity contribution in [1.29, 1.82) is 0 Å². The lowest BCUT2D eigenvalue weighted by atomic mass is 10.0. The minimum atomic E-state index is -2.62. The zero-order valence-electron chi connectivity index (χ0n) is 11.6. The quantitative estimate of drug-likeness (QED) is 0.864. The second-order valence-electron chi connectivity index (χ2n) is 5.18. The van der Waals surface area contributed by atoms with Gasteiger partial charge in [0.1, 0.15) is 5.82 Å². The van der Waals surface area contributed by atoms with E-state index in [1.807, 2.05) is 0 Å². The summed E-state index contributed by atoms with van der Waals surface area (Å²) in [5, 5.41) is 3.26. The van der Waals surface area contributed by atoms with Crippen LogP contribution in [0.1, 0.15) is 31.6 Å². The lowest BCUT2D eigenvalue weighted by Crippen LogP contribution is -2.28. The van der Waals surface area contributed by atoms with Crippen LogP contribution in [0.25, 0.3) is 0 Å². The monoisotopic (exact) mass is 286 g/mol. The molecule has 1 saturated heterocycles. The Hall–Kier alpha value is -1.50. The molecule has 0 aliphatic carbocycles. The standard InChI is InChI=1S/C13H20F2N4O/c1-18(9-11-17-6-7-19(11)13(14)15)12(20)3-2-10-4-5-16-8-10/h6-7,10,13,16H,2-5,8-9H2,1H3. The van der Waals surface area contributed by atoms with E-state index in [0.29, 0.717) is 12.3 Å². The summed E-state index contributed by atoms with van der Waals surface area (Å²) in [6.07, 6.45) is 4.96. The van der Waals surface area contributed by atoms with Gasteiger partial charge in [0.05, 0.1) is 6.54 Å². The first-order valence-corrected chi connectivity index (χ1v) is 6.82. The molecular formula is C13H20F2N4O. The molecule has 5 nitrogen and oxygen atoms in total. The van der Waals surface area contributed by atoms with Gasteiger partial charge in [-0.15, -0.1) is 0 Å². The molecule has 0 spiro atoms. The number of imidazole rings is 1. The van der Waals surface area contributed by atoms with Gasteiger partial charge in [0.15, 0.2) is 0 Å². The molecule has 112 valence electrons. The largest absolute Gasteiger partial charge is 0.338 e. The highest BCUT2D eigenvalue weighted by atomic mass is 19.3. The fourth-order valence-corrected chi connectivity index (χ4v) is 2.42. The van der Waals surface area contributed by atoms with Crippen LogP contribution < -0.4 is 5.32 Å². The Bertz CT molecular complexity index is 443. The maximum absolute atomic E-state index is 12.7. The van der Waals surface area contributed by atoms with E-state index in [-0.39, 0.29) is 18.3 Å². The highest BCUT2D eigenvalue weighted by molar-refractivity contribution is 5.75. The average molecular weight is 286 g/mol. The minimum absolute atomic E-state index is 0.0271. The highest BCUT2D eigenvalue weighted by Gasteiger charge is 2.19. The summed E-state index contributed by atoms with van der Waals surface area (Å²) in [4.78, 5) is 17.3. The SMILES string of the molecule is CN(Cc1nccn1C(F)F)C(=O)CCC1CCNC1. The van der Waals surface area contributed by atoms with Crippen LogP contribution in [0.2, 0.25) is 0 Å². The van der Waals surface area contributed by atoms with E-state index in [9.17, 15) is 13.6 Å². The summed E-state index contributed by atoms with van der Waals surface area (Å²) >= 11 is 0. The van der Waals surface area contributed by atoms with Gasteiger partial charge in [0.25, 0.3) is 0 Å². The smallest absolute Gasteiger partial charge is 0.319 e. The van der Waals surface area contributed by atoms with Gasteiger partial charge in [-0.3, -0.25) is 9.36 Å². The van der Waals surface area contributed by atoms with Crippen molar-refractivity contribution in [2.75, 3.05) is 20.1 Å². The molecule has 2 rings (SSSR count). The summed E-state index contributed by atoms with van der Waals surface area (Å²) in [6.45, 7) is -0.535. The Morgan fingerprint density at radius 1 is 1.65 bits per heavy atom. The lowest BCUT2D eigenvalue weighted by Gasteiger charge is -2.18. The third-order valence-corrected chi connectivity index (χ3v) is 3.69. The van der Waals surface area contributed by atoms with Crippen LogP contribution in [0.3, 0.4) is 0 Å². The van der Waals surface area contributed by atoms with E-state index in [1.165, 1.54) is 17.3 Å². The van der Waals surface area contributed by atoms with Crippen molar-refractivity contribution >= 4 is 5.91 Å². The Balaban J connectivity index is 1.82. The van der Waals surface area contributed by atoms with E-state index in [0.717, 1.165) is 30.5 Å². The zero-order chi connectivity index (χ0) is 14.5. The van der Waals surface area contributed by atoms with Crippen molar-refractivity contribution in [3.63, 3.8) is 0 Å². The summed E-state index contributed by atoms with van der Waals surface area (Å²) in [5.41, 5.74) is 0. The Morgan fingerprint density at radius 2 is 2.45 bits per heavy atom. The third kappa shape index (κ3) is 3.75. The zero-order valence-corrected chi connectivity index (χ0v) is 11.6. The van der Waals surface area contributed by atoms with E-state index in [1.54, 1.807) is 7.05 Å². The van der Waals surface area contributed by atoms with Gasteiger partial charge in [0, 0.05) is 25.9 Å². The molecular weight excluding hydrogens is 266 g/mol. The highest BCUT2D eigenvalue weighted by Crippen LogP contribution is 2.16. The summed E-state index contributed by atoms with van der Waals surface area (Å²) in [6, 6.07) is 0. The first kappa shape index (κ1) is 14.9. The second kappa shape index (κ2) is 6.78. The predicted molar refractivity (Wildman–Crippen MR) is 70.2 cm³/mol. The van der Waals surface area contributed by atoms with E-state index in [2.05, 4.69) is 10.3 Å². The molecule has 1 N–H and O–H groups in total. The molecule has 1 amide bonds. The van der Waals surface area contributed by atoms with Crippen LogP contribution in [0.4, 0.5) is 8.78 Å². The molecule has 0 radical (unpaired) electrons. The van der Waals surface area contributed by atoms with Crippen LogP contribution >= 0.6 is 0 Å². The van der Waals surface area contributed by atoms with Crippen molar-refractivity contribution in [2.45, 2.75) is 32.4 Å². The molecule has 1 aliphatic rings. The number of hydrogen-bond donors (Lipinski definition) is 1. The Labute approximate surface area is 117 Å². The van der Waals surface area contributed by atoms with Crippen LogP contribution in [0.15, 0.2) is 12.4 Å². The van der Waals surface area contributed by atoms with Crippen molar-refractivity contribution < 1.29 is 13.6 Å². The number of amides is 1. The fourth-order valence-electron chi connectivity index (χ4n) is 2.42. The van der Waals surface area contributed by atoms with E-state index >= 15 is 0 Å². The number of alkyl halides is 2. The molecule has 2 heterocycles. The number of carbonyl (C=O) groups is 1. The van der Waals surface area contributed by atoms with Crippen molar-refractivity contribution in [3.8, 4) is 0 Å². The van der Waals surface area contributed by atoms with Gasteiger partial charge in [-0.25, -0.2) is 4.98 Å². The van der Waals surface area contributed by atoms with Crippen LogP contribution in [-0.2, 0) is 11.3 Å². The fraction of sp³-hybridized carbons (Fsp3) is 0.692. The topological polar surface area (TPSA) is 50.2 Å². The number of carbonyl (C=O) groups excluding carboxylic acids is 1. The molecule has 0 saturated carbocycles. The summed E-state index contributed by atoms with van der Waals surface area (Å²) < 4.78 is 26.1. The number of halogens is 2. The van der Waals surface area contributed by atoms with Gasteiger partial charge in [-0.1, -0.05) is 0 Å². The third-order valence-electron chi connectivity index (χ3n) is 3.69. The molecule has 1 aliphatic heterocycles. The number of nitrogens with one attached hydrogen (secondary N) is 1. The molecule has 1 aromatic heterocycles. The van der Waals surface area contributed by atoms with E-state index in [4.69, 9.17) is 0 Å². The lowest BCUT2D eigenvalue weighted by molar-refractivity contribution is -0.130. The molecule has 7 heteroatoms. The summed E-state index contributed by atoms with van der Waals surface area (Å²) in [5.74, 6) is 0.731. The number of rotatable bonds is 6. The first-order valence-electron chi connectivity index (χ1n) is 6.82. The molecule has 0 aromatic carbocycles. The van der Waals surface area contributed by atoms with Crippen LogP contribution in [0, 0.1) is 5.92 Å². The van der Waals surface area contributed by atoms with Crippen molar-refractivity contribution in [3.05, 3.63) is 18.2 Å². The summed E-state index contributed by atoms with van der Waals surface area (Å²) in [7, 11) is 1.62. The van der Waals surface area contributed by atoms with Crippen LogP contribution in [-0.4, -0.2) is 40.5 Å². The van der Waals surface area contributed by atoms with Gasteiger partial charge >= 0.3 is 6.55 Å². The predicted octanol–water partition coefficient (Wildman–Crippen LogP) is 1.63.